The molecule has 0 spiro atoms. The van der Waals surface area contributed by atoms with Gasteiger partial charge in [-0.25, -0.2) is 9.97 Å². The van der Waals surface area contributed by atoms with Crippen LogP contribution in [-0.2, 0) is 11.2 Å². The summed E-state index contributed by atoms with van der Waals surface area (Å²) in [6.45, 7) is 9.10. The van der Waals surface area contributed by atoms with Gasteiger partial charge in [0.25, 0.3) is 0 Å². The minimum atomic E-state index is 0.250. The normalized spacial score (nSPS) is 19.8. The first-order chi connectivity index (χ1) is 9.65. The number of nitrogens with one attached hydrogen (secondary N) is 1. The molecule has 2 heterocycles. The van der Waals surface area contributed by atoms with Gasteiger partial charge in [-0.15, -0.1) is 0 Å². The molecule has 5 nitrogen and oxygen atoms in total. The van der Waals surface area contributed by atoms with Crippen LogP contribution in [0.15, 0.2) is 0 Å². The number of rotatable bonds is 4. The zero-order chi connectivity index (χ0) is 14.5. The second-order valence-electron chi connectivity index (χ2n) is 5.42. The van der Waals surface area contributed by atoms with E-state index >= 15 is 0 Å². The van der Waals surface area contributed by atoms with Crippen molar-refractivity contribution in [2.45, 2.75) is 46.1 Å². The number of hydrogen-bond donors (Lipinski definition) is 1. The molecule has 20 heavy (non-hydrogen) atoms. The van der Waals surface area contributed by atoms with Gasteiger partial charge in [-0.05, 0) is 26.7 Å². The number of aryl methyl sites for hydroxylation is 1. The van der Waals surface area contributed by atoms with Crippen LogP contribution < -0.4 is 10.2 Å². The molecule has 1 aliphatic heterocycles. The molecule has 0 saturated carbocycles. The third kappa shape index (κ3) is 3.39. The smallest absolute Gasteiger partial charge is 0.137 e. The first kappa shape index (κ1) is 15.0. The van der Waals surface area contributed by atoms with Crippen molar-refractivity contribution in [2.24, 2.45) is 0 Å². The van der Waals surface area contributed by atoms with E-state index in [1.54, 1.807) is 0 Å². The summed E-state index contributed by atoms with van der Waals surface area (Å²) < 4.78 is 5.73. The van der Waals surface area contributed by atoms with Gasteiger partial charge in [-0.3, -0.25) is 0 Å². The Morgan fingerprint density at radius 2 is 2.20 bits per heavy atom. The van der Waals surface area contributed by atoms with Gasteiger partial charge >= 0.3 is 0 Å². The Hall–Kier alpha value is -1.36. The van der Waals surface area contributed by atoms with Gasteiger partial charge in [-0.1, -0.05) is 6.92 Å². The van der Waals surface area contributed by atoms with E-state index < -0.39 is 0 Å². The maximum Gasteiger partial charge on any atom is 0.137 e. The first-order valence-electron chi connectivity index (χ1n) is 7.57. The Morgan fingerprint density at radius 3 is 2.90 bits per heavy atom. The molecule has 1 aromatic heterocycles. The predicted molar refractivity (Wildman–Crippen MR) is 82.6 cm³/mol. The Labute approximate surface area is 121 Å². The molecule has 2 rings (SSSR count). The SMILES string of the molecule is CCCc1nc(NC)c(C)c(N2CCCOC(C)C2)n1. The zero-order valence-corrected chi connectivity index (χ0v) is 13.1. The van der Waals surface area contributed by atoms with E-state index in [4.69, 9.17) is 9.72 Å². The summed E-state index contributed by atoms with van der Waals surface area (Å²) in [5.74, 6) is 2.93. The number of aromatic nitrogens is 2. The molecule has 1 atom stereocenters. The van der Waals surface area contributed by atoms with Gasteiger partial charge in [0.1, 0.15) is 17.5 Å². The molecular formula is C15H26N4O. The molecule has 0 amide bonds. The molecular weight excluding hydrogens is 252 g/mol. The van der Waals surface area contributed by atoms with E-state index in [-0.39, 0.29) is 6.10 Å². The van der Waals surface area contributed by atoms with Crippen molar-refractivity contribution < 1.29 is 4.74 Å². The topological polar surface area (TPSA) is 50.3 Å². The largest absolute Gasteiger partial charge is 0.377 e. The van der Waals surface area contributed by atoms with Crippen molar-refractivity contribution in [3.63, 3.8) is 0 Å². The summed E-state index contributed by atoms with van der Waals surface area (Å²) in [5.41, 5.74) is 1.13. The highest BCUT2D eigenvalue weighted by molar-refractivity contribution is 5.58. The van der Waals surface area contributed by atoms with Crippen LogP contribution in [0.5, 0.6) is 0 Å². The quantitative estimate of drug-likeness (QED) is 0.916. The molecule has 1 saturated heterocycles. The Balaban J connectivity index is 2.34. The highest BCUT2D eigenvalue weighted by Crippen LogP contribution is 2.25. The van der Waals surface area contributed by atoms with Crippen molar-refractivity contribution in [1.82, 2.24) is 9.97 Å². The third-order valence-electron chi connectivity index (χ3n) is 3.63. The van der Waals surface area contributed by atoms with Crippen LogP contribution in [0.2, 0.25) is 0 Å². The second-order valence-corrected chi connectivity index (χ2v) is 5.42. The summed E-state index contributed by atoms with van der Waals surface area (Å²) in [6.07, 6.45) is 3.28. The average Bonchev–Trinajstić information content (AvgIpc) is 2.65. The zero-order valence-electron chi connectivity index (χ0n) is 13.1. The molecule has 0 bridgehead atoms. The van der Waals surface area contributed by atoms with Crippen LogP contribution in [0.4, 0.5) is 11.6 Å². The summed E-state index contributed by atoms with van der Waals surface area (Å²) in [6, 6.07) is 0. The van der Waals surface area contributed by atoms with E-state index in [0.29, 0.717) is 0 Å². The van der Waals surface area contributed by atoms with E-state index in [1.165, 1.54) is 0 Å². The van der Waals surface area contributed by atoms with E-state index in [0.717, 1.165) is 62.0 Å². The van der Waals surface area contributed by atoms with Crippen molar-refractivity contribution in [1.29, 1.82) is 0 Å². The van der Waals surface area contributed by atoms with Crippen LogP contribution in [0.3, 0.4) is 0 Å². The summed E-state index contributed by atoms with van der Waals surface area (Å²) in [5, 5.41) is 3.19. The van der Waals surface area contributed by atoms with Crippen LogP contribution in [0.25, 0.3) is 0 Å². The van der Waals surface area contributed by atoms with Crippen molar-refractivity contribution in [3.8, 4) is 0 Å². The van der Waals surface area contributed by atoms with Crippen molar-refractivity contribution in [3.05, 3.63) is 11.4 Å². The number of hydrogen-bond acceptors (Lipinski definition) is 5. The summed E-state index contributed by atoms with van der Waals surface area (Å²) >= 11 is 0. The fraction of sp³-hybridized carbons (Fsp3) is 0.733. The van der Waals surface area contributed by atoms with Crippen molar-refractivity contribution >= 4 is 11.6 Å². The minimum absolute atomic E-state index is 0.250. The second kappa shape index (κ2) is 6.88. The molecule has 0 radical (unpaired) electrons. The molecule has 1 N–H and O–H groups in total. The minimum Gasteiger partial charge on any atom is -0.377 e. The van der Waals surface area contributed by atoms with E-state index in [9.17, 15) is 0 Å². The van der Waals surface area contributed by atoms with Crippen molar-refractivity contribution in [2.75, 3.05) is 37.0 Å². The highest BCUT2D eigenvalue weighted by atomic mass is 16.5. The monoisotopic (exact) mass is 278 g/mol. The van der Waals surface area contributed by atoms with Crippen LogP contribution in [-0.4, -0.2) is 42.8 Å². The lowest BCUT2D eigenvalue weighted by atomic mass is 10.2. The lowest BCUT2D eigenvalue weighted by Gasteiger charge is -2.26. The summed E-state index contributed by atoms with van der Waals surface area (Å²) in [4.78, 5) is 11.7. The molecule has 1 unspecified atom stereocenters. The molecule has 1 aromatic rings. The Morgan fingerprint density at radius 1 is 1.40 bits per heavy atom. The maximum absolute atomic E-state index is 5.73. The average molecular weight is 278 g/mol. The van der Waals surface area contributed by atoms with E-state index in [1.807, 2.05) is 7.05 Å². The molecule has 5 heteroatoms. The standard InChI is InChI=1S/C15H26N4O/c1-5-7-13-17-14(16-4)12(3)15(18-13)19-8-6-9-20-11(2)10-19/h11H,5-10H2,1-4H3,(H,16,17,18). The van der Waals surface area contributed by atoms with Gasteiger partial charge in [0.2, 0.25) is 0 Å². The Bertz CT molecular complexity index is 450. The number of anilines is 2. The van der Waals surface area contributed by atoms with Gasteiger partial charge in [0.15, 0.2) is 0 Å². The van der Waals surface area contributed by atoms with Crippen LogP contribution in [0, 0.1) is 6.92 Å². The maximum atomic E-state index is 5.73. The van der Waals surface area contributed by atoms with E-state index in [2.05, 4.69) is 36.0 Å². The highest BCUT2D eigenvalue weighted by Gasteiger charge is 2.20. The molecule has 0 aliphatic carbocycles. The van der Waals surface area contributed by atoms with Gasteiger partial charge in [0, 0.05) is 38.7 Å². The molecule has 1 fully saturated rings. The van der Waals surface area contributed by atoms with Crippen LogP contribution in [0.1, 0.15) is 38.1 Å². The van der Waals surface area contributed by atoms with Gasteiger partial charge in [-0.2, -0.15) is 0 Å². The third-order valence-corrected chi connectivity index (χ3v) is 3.63. The number of ether oxygens (including phenoxy) is 1. The van der Waals surface area contributed by atoms with Gasteiger partial charge < -0.3 is 15.0 Å². The fourth-order valence-corrected chi connectivity index (χ4v) is 2.62. The lowest BCUT2D eigenvalue weighted by molar-refractivity contribution is 0.0820. The molecule has 0 aromatic carbocycles. The fourth-order valence-electron chi connectivity index (χ4n) is 2.62. The van der Waals surface area contributed by atoms with Gasteiger partial charge in [0.05, 0.1) is 6.10 Å². The predicted octanol–water partition coefficient (Wildman–Crippen LogP) is 2.39. The number of nitrogens with zero attached hydrogens (tertiary/aromatic N) is 3. The lowest BCUT2D eigenvalue weighted by Crippen LogP contribution is -2.32. The summed E-state index contributed by atoms with van der Waals surface area (Å²) in [7, 11) is 1.92. The Kier molecular flexibility index (Phi) is 5.17. The first-order valence-corrected chi connectivity index (χ1v) is 7.57. The molecule has 112 valence electrons. The van der Waals surface area contributed by atoms with Crippen LogP contribution >= 0.6 is 0 Å². The molecule has 1 aliphatic rings.